The van der Waals surface area contributed by atoms with E-state index in [1.807, 2.05) is 0 Å². The zero-order valence-electron chi connectivity index (χ0n) is 14.3. The van der Waals surface area contributed by atoms with Crippen LogP contribution in [0.25, 0.3) is 0 Å². The van der Waals surface area contributed by atoms with E-state index in [0.717, 1.165) is 16.4 Å². The Kier molecular flexibility index (Phi) is 5.95. The number of hydrogen-bond donors (Lipinski definition) is 2. The largest absolute Gasteiger partial charge is 0.457 e. The number of ether oxygens (including phenoxy) is 1. The maximum atomic E-state index is 13.2. The van der Waals surface area contributed by atoms with Crippen molar-refractivity contribution in [2.75, 3.05) is 4.31 Å². The fraction of sp³-hybridized carbons (Fsp3) is 0.0526. The molecule has 3 aromatic rings. The van der Waals surface area contributed by atoms with Crippen LogP contribution >= 0.6 is 12.8 Å². The average molecular weight is 404 g/mol. The molecule has 6 nitrogen and oxygen atoms in total. The molecule has 1 heterocycles. The summed E-state index contributed by atoms with van der Waals surface area (Å²) in [4.78, 5) is 24.0. The summed E-state index contributed by atoms with van der Waals surface area (Å²) in [5, 5.41) is 2.53. The summed E-state index contributed by atoms with van der Waals surface area (Å²) in [5.74, 6) is -2.27. The number of hydrogen-bond acceptors (Lipinski definition) is 5. The first-order chi connectivity index (χ1) is 13.4. The lowest BCUT2D eigenvalue weighted by atomic mass is 10.2. The number of carbonyl (C=O) groups is 2. The van der Waals surface area contributed by atoms with Gasteiger partial charge < -0.3 is 14.5 Å². The molecule has 0 aliphatic carbocycles. The first-order valence-corrected chi connectivity index (χ1v) is 8.40. The van der Waals surface area contributed by atoms with Crippen LogP contribution < -0.4 is 14.4 Å². The third-order valence-electron chi connectivity index (χ3n) is 3.63. The summed E-state index contributed by atoms with van der Waals surface area (Å²) in [6, 6.07) is 11.8. The van der Waals surface area contributed by atoms with Crippen molar-refractivity contribution in [3.05, 3.63) is 83.8 Å². The Morgan fingerprint density at radius 1 is 1.07 bits per heavy atom. The molecule has 2 aromatic carbocycles. The zero-order valence-corrected chi connectivity index (χ0v) is 15.2. The van der Waals surface area contributed by atoms with Gasteiger partial charge in [-0.15, -0.1) is 0 Å². The summed E-state index contributed by atoms with van der Waals surface area (Å²) in [6.07, 6.45) is 1.36. The van der Waals surface area contributed by atoms with E-state index in [4.69, 9.17) is 9.15 Å². The van der Waals surface area contributed by atoms with Gasteiger partial charge in [0.25, 0.3) is 0 Å². The van der Waals surface area contributed by atoms with Crippen molar-refractivity contribution in [2.24, 2.45) is 0 Å². The Morgan fingerprint density at radius 2 is 1.82 bits per heavy atom. The number of furan rings is 1. The van der Waals surface area contributed by atoms with Crippen LogP contribution in [0.4, 0.5) is 19.3 Å². The number of rotatable bonds is 5. The van der Waals surface area contributed by atoms with Crippen molar-refractivity contribution in [3.63, 3.8) is 0 Å². The summed E-state index contributed by atoms with van der Waals surface area (Å²) >= 11 is 4.11. The molecular weight excluding hydrogens is 390 g/mol. The van der Waals surface area contributed by atoms with Gasteiger partial charge in [0.2, 0.25) is 5.76 Å². The molecule has 0 atom stereocenters. The highest BCUT2D eigenvalue weighted by atomic mass is 32.1. The highest BCUT2D eigenvalue weighted by Crippen LogP contribution is 2.22. The minimum Gasteiger partial charge on any atom is -0.457 e. The van der Waals surface area contributed by atoms with Crippen LogP contribution in [-0.2, 0) is 6.54 Å². The van der Waals surface area contributed by atoms with E-state index in [0.29, 0.717) is 11.3 Å². The normalized spacial score (nSPS) is 10.4. The zero-order chi connectivity index (χ0) is 20.1. The Hall–Kier alpha value is -3.33. The molecule has 3 rings (SSSR count). The molecule has 1 N–H and O–H groups in total. The van der Waals surface area contributed by atoms with Crippen molar-refractivity contribution < 1.29 is 27.5 Å². The van der Waals surface area contributed by atoms with E-state index in [9.17, 15) is 18.4 Å². The molecule has 0 fully saturated rings. The second-order valence-corrected chi connectivity index (χ2v) is 5.98. The number of amides is 2. The molecule has 9 heteroatoms. The molecule has 0 saturated carbocycles. The predicted molar refractivity (Wildman–Crippen MR) is 100 cm³/mol. The summed E-state index contributed by atoms with van der Waals surface area (Å²) < 4.78 is 37.2. The van der Waals surface area contributed by atoms with Crippen LogP contribution in [0.3, 0.4) is 0 Å². The third kappa shape index (κ3) is 4.68. The van der Waals surface area contributed by atoms with Crippen LogP contribution in [0.2, 0.25) is 0 Å². The molecule has 0 spiro atoms. The van der Waals surface area contributed by atoms with Crippen molar-refractivity contribution in [1.29, 1.82) is 0 Å². The molecule has 0 aliphatic heterocycles. The van der Waals surface area contributed by atoms with Crippen LogP contribution in [0, 0.1) is 11.6 Å². The van der Waals surface area contributed by atoms with Crippen LogP contribution in [0.15, 0.2) is 65.3 Å². The summed E-state index contributed by atoms with van der Waals surface area (Å²) in [7, 11) is 0. The monoisotopic (exact) mass is 404 g/mol. The Balaban J connectivity index is 1.57. The predicted octanol–water partition coefficient (Wildman–Crippen LogP) is 4.34. The lowest BCUT2D eigenvalue weighted by Gasteiger charge is -2.17. The smallest absolute Gasteiger partial charge is 0.379 e. The Bertz CT molecular complexity index is 978. The first kappa shape index (κ1) is 19.4. The standard InChI is InChI=1S/C19H14F2N2O4S/c20-15-8-3-12(10-16(15)21)11-22-19(25)23(28)13-4-6-14(7-5-13)27-18(24)17-2-1-9-26-17/h1-10,28H,11H2,(H,22,25). The van der Waals surface area contributed by atoms with Gasteiger partial charge in [0, 0.05) is 6.54 Å². The Labute approximate surface area is 164 Å². The lowest BCUT2D eigenvalue weighted by Crippen LogP contribution is -2.33. The number of benzene rings is 2. The first-order valence-electron chi connectivity index (χ1n) is 8.00. The quantitative estimate of drug-likeness (QED) is 0.377. The summed E-state index contributed by atoms with van der Waals surface area (Å²) in [6.45, 7) is -0.00800. The van der Waals surface area contributed by atoms with Crippen molar-refractivity contribution in [1.82, 2.24) is 5.32 Å². The Morgan fingerprint density at radius 3 is 2.46 bits per heavy atom. The third-order valence-corrected chi connectivity index (χ3v) is 4.05. The maximum absolute atomic E-state index is 13.2. The van der Waals surface area contributed by atoms with Gasteiger partial charge in [0.05, 0.1) is 12.0 Å². The summed E-state index contributed by atoms with van der Waals surface area (Å²) in [5.41, 5.74) is 0.804. The van der Waals surface area contributed by atoms with Crippen molar-refractivity contribution in [3.8, 4) is 5.75 Å². The maximum Gasteiger partial charge on any atom is 0.379 e. The fourth-order valence-electron chi connectivity index (χ4n) is 2.23. The highest BCUT2D eigenvalue weighted by Gasteiger charge is 2.14. The minimum absolute atomic E-state index is 0.00800. The molecular formula is C19H14F2N2O4S. The van der Waals surface area contributed by atoms with E-state index >= 15 is 0 Å². The van der Waals surface area contributed by atoms with Gasteiger partial charge in [0.1, 0.15) is 5.75 Å². The van der Waals surface area contributed by atoms with E-state index in [2.05, 4.69) is 18.1 Å². The molecule has 28 heavy (non-hydrogen) atoms. The number of nitrogens with one attached hydrogen (secondary N) is 1. The van der Waals surface area contributed by atoms with Crippen LogP contribution in [0.1, 0.15) is 16.1 Å². The van der Waals surface area contributed by atoms with Crippen molar-refractivity contribution >= 4 is 30.5 Å². The molecule has 0 unspecified atom stereocenters. The number of carbonyl (C=O) groups excluding carboxylic acids is 2. The van der Waals surface area contributed by atoms with Gasteiger partial charge in [0.15, 0.2) is 11.6 Å². The second-order valence-electron chi connectivity index (χ2n) is 5.58. The molecule has 0 radical (unpaired) electrons. The number of thiol groups is 1. The SMILES string of the molecule is O=C(Oc1ccc(N(S)C(=O)NCc2ccc(F)c(F)c2)cc1)c1ccco1. The van der Waals surface area contributed by atoms with E-state index in [-0.39, 0.29) is 18.1 Å². The van der Waals surface area contributed by atoms with Gasteiger partial charge in [-0.05, 0) is 54.1 Å². The minimum atomic E-state index is -0.992. The highest BCUT2D eigenvalue weighted by molar-refractivity contribution is 7.82. The van der Waals surface area contributed by atoms with Crippen LogP contribution in [-0.4, -0.2) is 12.0 Å². The fourth-order valence-corrected chi connectivity index (χ4v) is 2.43. The number of urea groups is 1. The number of nitrogens with zero attached hydrogens (tertiary/aromatic N) is 1. The van der Waals surface area contributed by atoms with Gasteiger partial charge >= 0.3 is 12.0 Å². The molecule has 144 valence electrons. The van der Waals surface area contributed by atoms with E-state index in [1.54, 1.807) is 6.07 Å². The van der Waals surface area contributed by atoms with Crippen molar-refractivity contribution in [2.45, 2.75) is 6.54 Å². The van der Waals surface area contributed by atoms with Gasteiger partial charge in [-0.1, -0.05) is 18.9 Å². The lowest BCUT2D eigenvalue weighted by molar-refractivity contribution is 0.0701. The molecule has 0 aliphatic rings. The number of esters is 1. The molecule has 1 aromatic heterocycles. The number of halogens is 2. The number of anilines is 1. The average Bonchev–Trinajstić information content (AvgIpc) is 3.24. The molecule has 0 saturated heterocycles. The topological polar surface area (TPSA) is 71.8 Å². The van der Waals surface area contributed by atoms with Crippen LogP contribution in [0.5, 0.6) is 5.75 Å². The second kappa shape index (κ2) is 8.57. The molecule has 2 amide bonds. The van der Waals surface area contributed by atoms with E-state index < -0.39 is 23.6 Å². The van der Waals surface area contributed by atoms with Gasteiger partial charge in [-0.25, -0.2) is 22.7 Å². The van der Waals surface area contributed by atoms with Gasteiger partial charge in [-0.3, -0.25) is 0 Å². The molecule has 0 bridgehead atoms. The van der Waals surface area contributed by atoms with Gasteiger partial charge in [-0.2, -0.15) is 0 Å². The van der Waals surface area contributed by atoms with E-state index in [1.165, 1.54) is 42.7 Å².